The summed E-state index contributed by atoms with van der Waals surface area (Å²) >= 11 is 1.63. The molecule has 1 saturated heterocycles. The summed E-state index contributed by atoms with van der Waals surface area (Å²) in [5.74, 6) is 2.24. The third-order valence-electron chi connectivity index (χ3n) is 3.19. The Labute approximate surface area is 122 Å². The molecule has 0 amide bonds. The van der Waals surface area contributed by atoms with Gasteiger partial charge in [-0.05, 0) is 19.8 Å². The standard InChI is InChI=1S/C13H18N6S/c1-2-14-12-16-10(9-11-15-5-8-20-11)17-13(18-12)19-6-3-4-7-19/h5,8H,2-4,6-7,9H2,1H3,(H,14,16,17,18). The highest BCUT2D eigenvalue weighted by Gasteiger charge is 2.17. The number of rotatable bonds is 5. The van der Waals surface area contributed by atoms with E-state index >= 15 is 0 Å². The van der Waals surface area contributed by atoms with E-state index in [0.717, 1.165) is 36.4 Å². The third kappa shape index (κ3) is 3.04. The van der Waals surface area contributed by atoms with Crippen LogP contribution in [0.2, 0.25) is 0 Å². The van der Waals surface area contributed by atoms with Crippen molar-refractivity contribution in [2.24, 2.45) is 0 Å². The topological polar surface area (TPSA) is 66.8 Å². The van der Waals surface area contributed by atoms with E-state index in [0.29, 0.717) is 12.4 Å². The van der Waals surface area contributed by atoms with Gasteiger partial charge in [-0.15, -0.1) is 11.3 Å². The lowest BCUT2D eigenvalue weighted by Crippen LogP contribution is -2.22. The van der Waals surface area contributed by atoms with E-state index in [2.05, 4.69) is 30.2 Å². The van der Waals surface area contributed by atoms with Crippen LogP contribution in [-0.2, 0) is 6.42 Å². The minimum Gasteiger partial charge on any atom is -0.354 e. The molecule has 0 aromatic carbocycles. The average Bonchev–Trinajstić information content (AvgIpc) is 3.11. The Hall–Kier alpha value is -1.76. The van der Waals surface area contributed by atoms with E-state index in [9.17, 15) is 0 Å². The van der Waals surface area contributed by atoms with Crippen LogP contribution in [0.15, 0.2) is 11.6 Å². The molecule has 0 unspecified atom stereocenters. The van der Waals surface area contributed by atoms with Gasteiger partial charge in [0.2, 0.25) is 11.9 Å². The van der Waals surface area contributed by atoms with Crippen molar-refractivity contribution < 1.29 is 0 Å². The number of thiazole rings is 1. The Morgan fingerprint density at radius 2 is 2.10 bits per heavy atom. The van der Waals surface area contributed by atoms with Gasteiger partial charge >= 0.3 is 0 Å². The first-order valence-electron chi connectivity index (χ1n) is 6.97. The van der Waals surface area contributed by atoms with Crippen molar-refractivity contribution in [3.63, 3.8) is 0 Å². The Kier molecular flexibility index (Phi) is 4.05. The van der Waals surface area contributed by atoms with E-state index in [-0.39, 0.29) is 0 Å². The van der Waals surface area contributed by atoms with Gasteiger partial charge in [0.1, 0.15) is 10.8 Å². The Morgan fingerprint density at radius 1 is 1.25 bits per heavy atom. The zero-order chi connectivity index (χ0) is 13.8. The van der Waals surface area contributed by atoms with Gasteiger partial charge < -0.3 is 10.2 Å². The van der Waals surface area contributed by atoms with Crippen molar-refractivity contribution in [2.45, 2.75) is 26.2 Å². The number of hydrogen-bond acceptors (Lipinski definition) is 7. The highest BCUT2D eigenvalue weighted by Crippen LogP contribution is 2.18. The molecule has 2 aromatic heterocycles. The second-order valence-corrected chi connectivity index (χ2v) is 5.68. The quantitative estimate of drug-likeness (QED) is 0.908. The van der Waals surface area contributed by atoms with Gasteiger partial charge in [0.25, 0.3) is 0 Å². The Balaban J connectivity index is 1.87. The summed E-state index contributed by atoms with van der Waals surface area (Å²) in [6, 6.07) is 0. The van der Waals surface area contributed by atoms with E-state index in [1.165, 1.54) is 12.8 Å². The van der Waals surface area contributed by atoms with Gasteiger partial charge in [0.15, 0.2) is 0 Å². The van der Waals surface area contributed by atoms with E-state index in [1.54, 1.807) is 11.3 Å². The Morgan fingerprint density at radius 3 is 2.80 bits per heavy atom. The highest BCUT2D eigenvalue weighted by atomic mass is 32.1. The van der Waals surface area contributed by atoms with Gasteiger partial charge in [-0.1, -0.05) is 0 Å². The zero-order valence-corrected chi connectivity index (χ0v) is 12.4. The average molecular weight is 290 g/mol. The molecule has 1 fully saturated rings. The summed E-state index contributed by atoms with van der Waals surface area (Å²) in [4.78, 5) is 20.1. The van der Waals surface area contributed by atoms with Crippen LogP contribution in [0, 0.1) is 0 Å². The molecule has 3 rings (SSSR count). The van der Waals surface area contributed by atoms with Crippen LogP contribution in [0.1, 0.15) is 30.6 Å². The maximum atomic E-state index is 4.60. The summed E-state index contributed by atoms with van der Waals surface area (Å²) in [6.45, 7) is 4.92. The molecule has 20 heavy (non-hydrogen) atoms. The van der Waals surface area contributed by atoms with Crippen molar-refractivity contribution in [2.75, 3.05) is 29.9 Å². The zero-order valence-electron chi connectivity index (χ0n) is 11.5. The van der Waals surface area contributed by atoms with Gasteiger partial charge in [0, 0.05) is 31.2 Å². The van der Waals surface area contributed by atoms with Gasteiger partial charge in [-0.3, -0.25) is 0 Å². The fraction of sp³-hybridized carbons (Fsp3) is 0.538. The number of anilines is 2. The van der Waals surface area contributed by atoms with E-state index in [1.807, 2.05) is 18.5 Å². The number of nitrogens with zero attached hydrogens (tertiary/aromatic N) is 5. The molecule has 6 nitrogen and oxygen atoms in total. The summed E-state index contributed by atoms with van der Waals surface area (Å²) in [6.07, 6.45) is 4.90. The second-order valence-electron chi connectivity index (χ2n) is 4.70. The summed E-state index contributed by atoms with van der Waals surface area (Å²) < 4.78 is 0. The predicted molar refractivity (Wildman–Crippen MR) is 80.4 cm³/mol. The summed E-state index contributed by atoms with van der Waals surface area (Å²) in [5.41, 5.74) is 0. The maximum Gasteiger partial charge on any atom is 0.230 e. The molecule has 0 aliphatic carbocycles. The summed E-state index contributed by atoms with van der Waals surface area (Å²) in [5, 5.41) is 6.19. The Bertz CT molecular complexity index is 550. The van der Waals surface area contributed by atoms with Gasteiger partial charge in [0.05, 0.1) is 6.42 Å². The fourth-order valence-electron chi connectivity index (χ4n) is 2.26. The first kappa shape index (κ1) is 13.2. The van der Waals surface area contributed by atoms with Crippen LogP contribution in [0.3, 0.4) is 0 Å². The molecule has 3 heterocycles. The van der Waals surface area contributed by atoms with Crippen LogP contribution in [0.25, 0.3) is 0 Å². The molecule has 1 N–H and O–H groups in total. The highest BCUT2D eigenvalue weighted by molar-refractivity contribution is 7.09. The van der Waals surface area contributed by atoms with Crippen molar-refractivity contribution >= 4 is 23.2 Å². The molecule has 7 heteroatoms. The lowest BCUT2D eigenvalue weighted by molar-refractivity contribution is 0.839. The smallest absolute Gasteiger partial charge is 0.230 e. The molecule has 106 valence electrons. The second kappa shape index (κ2) is 6.13. The molecule has 0 bridgehead atoms. The van der Waals surface area contributed by atoms with Crippen molar-refractivity contribution in [3.05, 3.63) is 22.4 Å². The van der Waals surface area contributed by atoms with Crippen LogP contribution in [0.4, 0.5) is 11.9 Å². The molecule has 2 aromatic rings. The van der Waals surface area contributed by atoms with Crippen LogP contribution >= 0.6 is 11.3 Å². The molecule has 0 radical (unpaired) electrons. The van der Waals surface area contributed by atoms with Crippen LogP contribution in [-0.4, -0.2) is 39.6 Å². The lowest BCUT2D eigenvalue weighted by atomic mass is 10.4. The third-order valence-corrected chi connectivity index (χ3v) is 3.97. The fourth-order valence-corrected chi connectivity index (χ4v) is 2.87. The SMILES string of the molecule is CCNc1nc(Cc2nccs2)nc(N2CCCC2)n1. The molecule has 0 spiro atoms. The summed E-state index contributed by atoms with van der Waals surface area (Å²) in [7, 11) is 0. The van der Waals surface area contributed by atoms with Crippen molar-refractivity contribution in [3.8, 4) is 0 Å². The molecular formula is C13H18N6S. The minimum atomic E-state index is 0.663. The van der Waals surface area contributed by atoms with E-state index < -0.39 is 0 Å². The minimum absolute atomic E-state index is 0.663. The van der Waals surface area contributed by atoms with Crippen LogP contribution < -0.4 is 10.2 Å². The monoisotopic (exact) mass is 290 g/mol. The lowest BCUT2D eigenvalue weighted by Gasteiger charge is -2.16. The normalized spacial score (nSPS) is 14.8. The van der Waals surface area contributed by atoms with Crippen LogP contribution in [0.5, 0.6) is 0 Å². The van der Waals surface area contributed by atoms with Gasteiger partial charge in [-0.2, -0.15) is 15.0 Å². The first-order valence-corrected chi connectivity index (χ1v) is 7.85. The number of hydrogen-bond donors (Lipinski definition) is 1. The molecule has 0 saturated carbocycles. The van der Waals surface area contributed by atoms with Crippen molar-refractivity contribution in [1.82, 2.24) is 19.9 Å². The maximum absolute atomic E-state index is 4.60. The molecule has 0 atom stereocenters. The number of aromatic nitrogens is 4. The molecule has 1 aliphatic heterocycles. The molecule has 1 aliphatic rings. The largest absolute Gasteiger partial charge is 0.354 e. The van der Waals surface area contributed by atoms with Gasteiger partial charge in [-0.25, -0.2) is 4.98 Å². The van der Waals surface area contributed by atoms with E-state index in [4.69, 9.17) is 0 Å². The number of nitrogens with one attached hydrogen (secondary N) is 1. The first-order chi connectivity index (χ1) is 9.85. The van der Waals surface area contributed by atoms with Crippen molar-refractivity contribution in [1.29, 1.82) is 0 Å². The molecular weight excluding hydrogens is 272 g/mol. The predicted octanol–water partition coefficient (Wildman–Crippen LogP) is 1.95.